The summed E-state index contributed by atoms with van der Waals surface area (Å²) in [5.74, 6) is 0. The van der Waals surface area contributed by atoms with Gasteiger partial charge in [0.05, 0.1) is 12.7 Å². The fourth-order valence-corrected chi connectivity index (χ4v) is 1.83. The van der Waals surface area contributed by atoms with E-state index in [1.54, 1.807) is 0 Å². The molecule has 2 unspecified atom stereocenters. The van der Waals surface area contributed by atoms with Crippen molar-refractivity contribution >= 4 is 0 Å². The molecule has 0 spiro atoms. The topological polar surface area (TPSA) is 30.5 Å². The Bertz CT molecular complexity index is 141. The van der Waals surface area contributed by atoms with Crippen LogP contribution >= 0.6 is 0 Å². The van der Waals surface area contributed by atoms with Crippen molar-refractivity contribution in [1.29, 1.82) is 0 Å². The second-order valence-corrected chi connectivity index (χ2v) is 3.77. The molecule has 0 amide bonds. The van der Waals surface area contributed by atoms with Crippen molar-refractivity contribution in [1.82, 2.24) is 5.32 Å². The Morgan fingerprint density at radius 3 is 3.00 bits per heavy atom. The molecule has 1 N–H and O–H groups in total. The number of hydrogen-bond acceptors (Lipinski definition) is 3. The van der Waals surface area contributed by atoms with Crippen LogP contribution in [0.1, 0.15) is 33.1 Å². The molecular weight excluding hydrogens is 178 g/mol. The van der Waals surface area contributed by atoms with Gasteiger partial charge in [-0.05, 0) is 26.2 Å². The summed E-state index contributed by atoms with van der Waals surface area (Å²) >= 11 is 0. The van der Waals surface area contributed by atoms with Crippen LogP contribution in [0.2, 0.25) is 0 Å². The summed E-state index contributed by atoms with van der Waals surface area (Å²) < 4.78 is 10.9. The van der Waals surface area contributed by atoms with Crippen molar-refractivity contribution in [2.45, 2.75) is 45.3 Å². The van der Waals surface area contributed by atoms with E-state index in [1.807, 2.05) is 6.92 Å². The van der Waals surface area contributed by atoms with E-state index in [2.05, 4.69) is 12.2 Å². The lowest BCUT2D eigenvalue weighted by Crippen LogP contribution is -2.40. The molecule has 1 fully saturated rings. The molecule has 0 aromatic heterocycles. The molecule has 0 aromatic rings. The highest BCUT2D eigenvalue weighted by Crippen LogP contribution is 2.15. The fraction of sp³-hybridized carbons (Fsp3) is 1.00. The monoisotopic (exact) mass is 201 g/mol. The molecule has 3 nitrogen and oxygen atoms in total. The smallest absolute Gasteiger partial charge is 0.0590 e. The minimum atomic E-state index is 0.466. The summed E-state index contributed by atoms with van der Waals surface area (Å²) in [7, 11) is 0. The minimum Gasteiger partial charge on any atom is -0.380 e. The first-order chi connectivity index (χ1) is 6.86. The Morgan fingerprint density at radius 1 is 1.43 bits per heavy atom. The maximum Gasteiger partial charge on any atom is 0.0590 e. The van der Waals surface area contributed by atoms with Crippen LogP contribution < -0.4 is 5.32 Å². The molecule has 1 rings (SSSR count). The Morgan fingerprint density at radius 2 is 2.29 bits per heavy atom. The third kappa shape index (κ3) is 4.40. The highest BCUT2D eigenvalue weighted by Gasteiger charge is 2.20. The normalized spacial score (nSPS) is 27.9. The van der Waals surface area contributed by atoms with Gasteiger partial charge in [0, 0.05) is 25.8 Å². The predicted octanol–water partition coefficient (Wildman–Crippen LogP) is 1.57. The van der Waals surface area contributed by atoms with Gasteiger partial charge in [-0.25, -0.2) is 0 Å². The molecule has 0 bridgehead atoms. The quantitative estimate of drug-likeness (QED) is 0.662. The van der Waals surface area contributed by atoms with E-state index >= 15 is 0 Å². The predicted molar refractivity (Wildman–Crippen MR) is 57.5 cm³/mol. The average molecular weight is 201 g/mol. The summed E-state index contributed by atoms with van der Waals surface area (Å²) in [5.41, 5.74) is 0. The lowest BCUT2D eigenvalue weighted by Gasteiger charge is -2.29. The van der Waals surface area contributed by atoms with Crippen LogP contribution in [0.5, 0.6) is 0 Å². The molecule has 0 radical (unpaired) electrons. The molecule has 84 valence electrons. The zero-order chi connectivity index (χ0) is 10.2. The maximum atomic E-state index is 5.61. The molecule has 1 aliphatic heterocycles. The minimum absolute atomic E-state index is 0.466. The third-order valence-electron chi connectivity index (χ3n) is 2.71. The van der Waals surface area contributed by atoms with E-state index in [0.717, 1.165) is 45.6 Å². The molecule has 2 atom stereocenters. The van der Waals surface area contributed by atoms with Gasteiger partial charge in [-0.2, -0.15) is 0 Å². The van der Waals surface area contributed by atoms with E-state index in [0.29, 0.717) is 12.1 Å². The van der Waals surface area contributed by atoms with Crippen LogP contribution in [0.4, 0.5) is 0 Å². The van der Waals surface area contributed by atoms with Gasteiger partial charge in [0.2, 0.25) is 0 Å². The third-order valence-corrected chi connectivity index (χ3v) is 2.71. The van der Waals surface area contributed by atoms with Crippen LogP contribution in [0.3, 0.4) is 0 Å². The largest absolute Gasteiger partial charge is 0.380 e. The van der Waals surface area contributed by atoms with Crippen LogP contribution in [0.25, 0.3) is 0 Å². The van der Waals surface area contributed by atoms with Crippen LogP contribution in [-0.4, -0.2) is 38.5 Å². The van der Waals surface area contributed by atoms with Crippen LogP contribution in [0, 0.1) is 0 Å². The maximum absolute atomic E-state index is 5.61. The Balaban J connectivity index is 2.05. The summed E-state index contributed by atoms with van der Waals surface area (Å²) in [6.45, 7) is 7.73. The highest BCUT2D eigenvalue weighted by atomic mass is 16.5. The van der Waals surface area contributed by atoms with Crippen molar-refractivity contribution < 1.29 is 9.47 Å². The van der Waals surface area contributed by atoms with Gasteiger partial charge >= 0.3 is 0 Å². The Hall–Kier alpha value is -0.120. The molecule has 1 saturated heterocycles. The number of ether oxygens (including phenoxy) is 2. The van der Waals surface area contributed by atoms with Crippen LogP contribution in [0.15, 0.2) is 0 Å². The molecule has 3 heteroatoms. The van der Waals surface area contributed by atoms with Crippen molar-refractivity contribution in [2.24, 2.45) is 0 Å². The summed E-state index contributed by atoms with van der Waals surface area (Å²) in [4.78, 5) is 0. The van der Waals surface area contributed by atoms with Gasteiger partial charge in [-0.3, -0.25) is 0 Å². The number of hydrogen-bond donors (Lipinski definition) is 1. The molecule has 1 aliphatic rings. The van der Waals surface area contributed by atoms with E-state index in [9.17, 15) is 0 Å². The number of nitrogens with one attached hydrogen (secondary N) is 1. The lowest BCUT2D eigenvalue weighted by molar-refractivity contribution is -0.00122. The Kier molecular flexibility index (Phi) is 6.15. The first-order valence-electron chi connectivity index (χ1n) is 5.79. The first kappa shape index (κ1) is 12.0. The highest BCUT2D eigenvalue weighted by molar-refractivity contribution is 4.75. The Labute approximate surface area is 87.2 Å². The standard InChI is InChI=1S/C11H23NO2/c1-3-11-9-10(5-7-14-11)12-6-8-13-4-2/h10-12H,3-9H2,1-2H3. The van der Waals surface area contributed by atoms with Crippen molar-refractivity contribution in [3.05, 3.63) is 0 Å². The van der Waals surface area contributed by atoms with E-state index < -0.39 is 0 Å². The summed E-state index contributed by atoms with van der Waals surface area (Å²) in [6, 6.07) is 0.633. The molecule has 14 heavy (non-hydrogen) atoms. The van der Waals surface area contributed by atoms with Crippen molar-refractivity contribution in [3.63, 3.8) is 0 Å². The van der Waals surface area contributed by atoms with E-state index in [-0.39, 0.29) is 0 Å². The van der Waals surface area contributed by atoms with Gasteiger partial charge in [0.15, 0.2) is 0 Å². The summed E-state index contributed by atoms with van der Waals surface area (Å²) in [6.07, 6.45) is 3.89. The van der Waals surface area contributed by atoms with Crippen molar-refractivity contribution in [2.75, 3.05) is 26.4 Å². The van der Waals surface area contributed by atoms with Gasteiger partial charge in [-0.15, -0.1) is 0 Å². The summed E-state index contributed by atoms with van der Waals surface area (Å²) in [5, 5.41) is 3.52. The average Bonchev–Trinajstić information content (AvgIpc) is 2.25. The second kappa shape index (κ2) is 7.21. The fourth-order valence-electron chi connectivity index (χ4n) is 1.83. The SMILES string of the molecule is CCOCCNC1CCOC(CC)C1. The second-order valence-electron chi connectivity index (χ2n) is 3.77. The zero-order valence-electron chi connectivity index (χ0n) is 9.42. The first-order valence-corrected chi connectivity index (χ1v) is 5.79. The zero-order valence-corrected chi connectivity index (χ0v) is 9.42. The van der Waals surface area contributed by atoms with Gasteiger partial charge in [0.1, 0.15) is 0 Å². The van der Waals surface area contributed by atoms with E-state index in [1.165, 1.54) is 0 Å². The van der Waals surface area contributed by atoms with Gasteiger partial charge < -0.3 is 14.8 Å². The van der Waals surface area contributed by atoms with Crippen molar-refractivity contribution in [3.8, 4) is 0 Å². The van der Waals surface area contributed by atoms with Gasteiger partial charge in [-0.1, -0.05) is 6.92 Å². The molecule has 0 saturated carbocycles. The van der Waals surface area contributed by atoms with Gasteiger partial charge in [0.25, 0.3) is 0 Å². The number of rotatable bonds is 6. The molecule has 0 aliphatic carbocycles. The van der Waals surface area contributed by atoms with Crippen LogP contribution in [-0.2, 0) is 9.47 Å². The van der Waals surface area contributed by atoms with E-state index in [4.69, 9.17) is 9.47 Å². The molecular formula is C11H23NO2. The molecule has 0 aromatic carbocycles. The lowest BCUT2D eigenvalue weighted by atomic mass is 10.0. The molecule has 1 heterocycles.